The molecule has 1 aliphatic rings. The number of carboxylic acid groups (broad SMARTS) is 2. The molecule has 9 N–H and O–H groups in total. The van der Waals surface area contributed by atoms with Crippen molar-refractivity contribution in [3.63, 3.8) is 0 Å². The number of nitrogens with one attached hydrogen (secondary N) is 4. The third kappa shape index (κ3) is 12.7. The highest BCUT2D eigenvalue weighted by Crippen LogP contribution is 2.25. The van der Waals surface area contributed by atoms with Gasteiger partial charge in [0.2, 0.25) is 23.6 Å². The summed E-state index contributed by atoms with van der Waals surface area (Å²) in [5.41, 5.74) is 5.25. The van der Waals surface area contributed by atoms with E-state index in [0.717, 1.165) is 32.1 Å². The van der Waals surface area contributed by atoms with Gasteiger partial charge in [-0.3, -0.25) is 24.0 Å². The molecule has 0 heterocycles. The monoisotopic (exact) mass is 571 g/mol. The fraction of sp³-hybridized carbons (Fsp3) is 0.769. The lowest BCUT2D eigenvalue weighted by atomic mass is 9.87. The van der Waals surface area contributed by atoms with Gasteiger partial charge in [0.1, 0.15) is 18.1 Å². The average Bonchev–Trinajstić information content (AvgIpc) is 2.86. The van der Waals surface area contributed by atoms with Crippen molar-refractivity contribution < 1.29 is 44.1 Å². The van der Waals surface area contributed by atoms with Crippen LogP contribution in [0.2, 0.25) is 0 Å². The second-order valence-corrected chi connectivity index (χ2v) is 10.8. The van der Waals surface area contributed by atoms with E-state index in [2.05, 4.69) is 21.3 Å². The minimum Gasteiger partial charge on any atom is -0.481 e. The molecule has 4 amide bonds. The van der Waals surface area contributed by atoms with Gasteiger partial charge in [-0.15, -0.1) is 0 Å². The van der Waals surface area contributed by atoms with E-state index in [1.807, 2.05) is 0 Å². The van der Waals surface area contributed by atoms with Crippen LogP contribution in [0.25, 0.3) is 0 Å². The first-order valence-corrected chi connectivity index (χ1v) is 13.8. The summed E-state index contributed by atoms with van der Waals surface area (Å²) in [6.45, 7) is 4.81. The molecule has 0 saturated heterocycles. The predicted molar refractivity (Wildman–Crippen MR) is 144 cm³/mol. The standard InChI is InChI=1S/C26H45N5O9/c1-14(2)21(26(39)40)30-24(37)18(13-20(34)35)29-25(38)22(15(3)32)31-23(36)17(9-10-19(27)33)28-12-11-16-7-5-4-6-8-16/h14-18,21-22,28,32H,4-13H2,1-3H3,(H2,27,33)(H,29,38)(H,30,37)(H,31,36)(H,34,35)(H,39,40)/t15-,17+,18+,21+,22+/m1/s1. The Morgan fingerprint density at radius 2 is 1.40 bits per heavy atom. The average molecular weight is 572 g/mol. The molecular weight excluding hydrogens is 526 g/mol. The maximum atomic E-state index is 13.1. The lowest BCUT2D eigenvalue weighted by Crippen LogP contribution is -2.60. The number of nitrogens with two attached hydrogens (primary N) is 1. The van der Waals surface area contributed by atoms with Crippen LogP contribution in [-0.4, -0.2) is 87.7 Å². The van der Waals surface area contributed by atoms with Crippen molar-refractivity contribution in [3.8, 4) is 0 Å². The van der Waals surface area contributed by atoms with Crippen LogP contribution in [0.5, 0.6) is 0 Å². The molecular formula is C26H45N5O9. The third-order valence-corrected chi connectivity index (χ3v) is 6.97. The smallest absolute Gasteiger partial charge is 0.326 e. The van der Waals surface area contributed by atoms with Crippen LogP contribution in [0.1, 0.15) is 78.6 Å². The second-order valence-electron chi connectivity index (χ2n) is 10.8. The SMILES string of the molecule is CC(C)[C@H](NC(=O)[C@H](CC(=O)O)NC(=O)[C@@H](NC(=O)[C@H](CCC(N)=O)NCCC1CCCCC1)[C@@H](C)O)C(=O)O. The number of rotatable bonds is 18. The van der Waals surface area contributed by atoms with Crippen LogP contribution in [0, 0.1) is 11.8 Å². The molecule has 5 atom stereocenters. The first-order valence-electron chi connectivity index (χ1n) is 13.8. The van der Waals surface area contributed by atoms with Gasteiger partial charge in [0, 0.05) is 6.42 Å². The number of hydrogen-bond donors (Lipinski definition) is 8. The van der Waals surface area contributed by atoms with Crippen molar-refractivity contribution in [2.24, 2.45) is 17.6 Å². The number of hydrogen-bond acceptors (Lipinski definition) is 8. The van der Waals surface area contributed by atoms with Crippen molar-refractivity contribution in [1.82, 2.24) is 21.3 Å². The minimum atomic E-state index is -1.68. The number of primary amides is 1. The highest BCUT2D eigenvalue weighted by molar-refractivity contribution is 5.96. The highest BCUT2D eigenvalue weighted by Gasteiger charge is 2.34. The number of aliphatic hydroxyl groups is 1. The van der Waals surface area contributed by atoms with Gasteiger partial charge in [-0.25, -0.2) is 4.79 Å². The molecule has 1 saturated carbocycles. The number of carbonyl (C=O) groups is 6. The summed E-state index contributed by atoms with van der Waals surface area (Å²) < 4.78 is 0. The lowest BCUT2D eigenvalue weighted by Gasteiger charge is -2.27. The molecule has 14 nitrogen and oxygen atoms in total. The van der Waals surface area contributed by atoms with Crippen LogP contribution >= 0.6 is 0 Å². The molecule has 0 aromatic rings. The normalized spacial score (nSPS) is 17.6. The van der Waals surface area contributed by atoms with Gasteiger partial charge in [0.15, 0.2) is 0 Å². The van der Waals surface area contributed by atoms with Gasteiger partial charge in [0.25, 0.3) is 0 Å². The van der Waals surface area contributed by atoms with Gasteiger partial charge in [-0.05, 0) is 38.1 Å². The van der Waals surface area contributed by atoms with E-state index in [4.69, 9.17) is 5.73 Å². The number of carbonyl (C=O) groups excluding carboxylic acids is 4. The molecule has 0 aliphatic heterocycles. The Hall–Kier alpha value is -3.26. The fourth-order valence-electron chi connectivity index (χ4n) is 4.62. The number of aliphatic hydroxyl groups excluding tert-OH is 1. The first-order chi connectivity index (χ1) is 18.7. The quantitative estimate of drug-likeness (QED) is 0.102. The van der Waals surface area contributed by atoms with E-state index in [0.29, 0.717) is 12.5 Å². The van der Waals surface area contributed by atoms with Crippen molar-refractivity contribution in [2.75, 3.05) is 6.54 Å². The van der Waals surface area contributed by atoms with Crippen molar-refractivity contribution in [1.29, 1.82) is 0 Å². The zero-order valence-electron chi connectivity index (χ0n) is 23.5. The molecule has 1 fully saturated rings. The first kappa shape index (κ1) is 34.8. The summed E-state index contributed by atoms with van der Waals surface area (Å²) in [4.78, 5) is 73.0. The van der Waals surface area contributed by atoms with Gasteiger partial charge in [0.05, 0.1) is 18.6 Å². The van der Waals surface area contributed by atoms with Crippen molar-refractivity contribution >= 4 is 35.6 Å². The van der Waals surface area contributed by atoms with Gasteiger partial charge in [-0.2, -0.15) is 0 Å². The summed E-state index contributed by atoms with van der Waals surface area (Å²) in [7, 11) is 0. The van der Waals surface area contributed by atoms with Gasteiger partial charge < -0.3 is 42.3 Å². The van der Waals surface area contributed by atoms with E-state index in [1.54, 1.807) is 13.8 Å². The second kappa shape index (κ2) is 17.4. The van der Waals surface area contributed by atoms with Crippen LogP contribution in [0.3, 0.4) is 0 Å². The van der Waals surface area contributed by atoms with Crippen molar-refractivity contribution in [2.45, 2.75) is 109 Å². The molecule has 40 heavy (non-hydrogen) atoms. The Morgan fingerprint density at radius 3 is 1.90 bits per heavy atom. The molecule has 1 aliphatic carbocycles. The Morgan fingerprint density at radius 1 is 0.825 bits per heavy atom. The van der Waals surface area contributed by atoms with Crippen LogP contribution < -0.4 is 27.0 Å². The van der Waals surface area contributed by atoms with E-state index >= 15 is 0 Å². The molecule has 0 aromatic heterocycles. The molecule has 1 rings (SSSR count). The Bertz CT molecular complexity index is 890. The summed E-state index contributed by atoms with van der Waals surface area (Å²) in [6.07, 6.45) is 4.24. The van der Waals surface area contributed by atoms with E-state index in [1.165, 1.54) is 13.3 Å². The molecule has 228 valence electrons. The summed E-state index contributed by atoms with van der Waals surface area (Å²) in [5, 5.41) is 38.7. The highest BCUT2D eigenvalue weighted by atomic mass is 16.4. The van der Waals surface area contributed by atoms with Crippen LogP contribution in [0.4, 0.5) is 0 Å². The predicted octanol–water partition coefficient (Wildman–Crippen LogP) is -0.769. The zero-order chi connectivity index (χ0) is 30.4. The molecule has 14 heteroatoms. The van der Waals surface area contributed by atoms with Gasteiger partial charge >= 0.3 is 11.9 Å². The zero-order valence-corrected chi connectivity index (χ0v) is 23.5. The van der Waals surface area contributed by atoms with E-state index < -0.39 is 78.2 Å². The Balaban J connectivity index is 2.95. The number of amides is 4. The summed E-state index contributed by atoms with van der Waals surface area (Å²) in [5.74, 6) is -6.16. The topological polar surface area (TPSA) is 237 Å². The number of carboxylic acids is 2. The maximum absolute atomic E-state index is 13.1. The summed E-state index contributed by atoms with van der Waals surface area (Å²) in [6, 6.07) is -5.49. The summed E-state index contributed by atoms with van der Waals surface area (Å²) >= 11 is 0. The molecule has 0 unspecified atom stereocenters. The van der Waals surface area contributed by atoms with E-state index in [9.17, 15) is 44.1 Å². The third-order valence-electron chi connectivity index (χ3n) is 6.97. The lowest BCUT2D eigenvalue weighted by molar-refractivity contribution is -0.144. The largest absolute Gasteiger partial charge is 0.481 e. The van der Waals surface area contributed by atoms with Crippen LogP contribution in [-0.2, 0) is 28.8 Å². The molecule has 0 bridgehead atoms. The van der Waals surface area contributed by atoms with Crippen molar-refractivity contribution in [3.05, 3.63) is 0 Å². The Kier molecular flexibility index (Phi) is 15.2. The molecule has 0 radical (unpaired) electrons. The molecule has 0 aromatic carbocycles. The number of aliphatic carboxylic acids is 2. The Labute approximate surface area is 234 Å². The van der Waals surface area contributed by atoms with Crippen LogP contribution in [0.15, 0.2) is 0 Å². The van der Waals surface area contributed by atoms with E-state index in [-0.39, 0.29) is 12.8 Å². The fourth-order valence-corrected chi connectivity index (χ4v) is 4.62. The maximum Gasteiger partial charge on any atom is 0.326 e. The molecule has 0 spiro atoms. The minimum absolute atomic E-state index is 0.0514. The van der Waals surface area contributed by atoms with Gasteiger partial charge in [-0.1, -0.05) is 46.0 Å².